The second-order valence-corrected chi connectivity index (χ2v) is 6.05. The van der Waals surface area contributed by atoms with Gasteiger partial charge in [0.25, 0.3) is 0 Å². The Morgan fingerprint density at radius 3 is 2.40 bits per heavy atom. The van der Waals surface area contributed by atoms with E-state index in [0.717, 1.165) is 56.3 Å². The minimum atomic E-state index is -0.248. The quantitative estimate of drug-likeness (QED) is 0.685. The molecular formula is C20H24FNO3. The SMILES string of the molecule is Fc1cccc(COc2ccc(OCCCN3CCOCC3)cc2)c1. The van der Waals surface area contributed by atoms with Gasteiger partial charge in [0.1, 0.15) is 23.9 Å². The average Bonchev–Trinajstić information content (AvgIpc) is 2.65. The van der Waals surface area contributed by atoms with Crippen LogP contribution >= 0.6 is 0 Å². The summed E-state index contributed by atoms with van der Waals surface area (Å²) >= 11 is 0. The van der Waals surface area contributed by atoms with Gasteiger partial charge in [0.2, 0.25) is 0 Å². The lowest BCUT2D eigenvalue weighted by Crippen LogP contribution is -2.37. The van der Waals surface area contributed by atoms with Crippen molar-refractivity contribution < 1.29 is 18.6 Å². The van der Waals surface area contributed by atoms with Crippen LogP contribution in [0.4, 0.5) is 4.39 Å². The Morgan fingerprint density at radius 1 is 0.960 bits per heavy atom. The molecule has 2 aromatic rings. The smallest absolute Gasteiger partial charge is 0.123 e. The van der Waals surface area contributed by atoms with Crippen LogP contribution in [0.5, 0.6) is 11.5 Å². The van der Waals surface area contributed by atoms with Crippen molar-refractivity contribution in [3.05, 3.63) is 59.9 Å². The molecule has 0 atom stereocenters. The van der Waals surface area contributed by atoms with Crippen LogP contribution in [0.25, 0.3) is 0 Å². The predicted octanol–water partition coefficient (Wildman–Crippen LogP) is 3.51. The van der Waals surface area contributed by atoms with Crippen molar-refractivity contribution in [2.75, 3.05) is 39.5 Å². The van der Waals surface area contributed by atoms with Gasteiger partial charge in [-0.3, -0.25) is 4.90 Å². The summed E-state index contributed by atoms with van der Waals surface area (Å²) in [6.07, 6.45) is 0.998. The summed E-state index contributed by atoms with van der Waals surface area (Å²) in [5.74, 6) is 1.33. The highest BCUT2D eigenvalue weighted by molar-refractivity contribution is 5.31. The van der Waals surface area contributed by atoms with Crippen molar-refractivity contribution in [3.63, 3.8) is 0 Å². The molecule has 0 unspecified atom stereocenters. The highest BCUT2D eigenvalue weighted by Crippen LogP contribution is 2.19. The van der Waals surface area contributed by atoms with Crippen LogP contribution in [0.2, 0.25) is 0 Å². The molecule has 5 heteroatoms. The Morgan fingerprint density at radius 2 is 1.68 bits per heavy atom. The minimum absolute atomic E-state index is 0.248. The lowest BCUT2D eigenvalue weighted by atomic mass is 10.2. The van der Waals surface area contributed by atoms with Gasteiger partial charge in [0.15, 0.2) is 0 Å². The maximum Gasteiger partial charge on any atom is 0.123 e. The molecule has 1 fully saturated rings. The number of benzene rings is 2. The van der Waals surface area contributed by atoms with E-state index in [4.69, 9.17) is 14.2 Å². The molecule has 1 heterocycles. The monoisotopic (exact) mass is 345 g/mol. The van der Waals surface area contributed by atoms with Crippen molar-refractivity contribution in [2.24, 2.45) is 0 Å². The molecule has 1 saturated heterocycles. The highest BCUT2D eigenvalue weighted by Gasteiger charge is 2.09. The van der Waals surface area contributed by atoms with Gasteiger partial charge in [-0.2, -0.15) is 0 Å². The summed E-state index contributed by atoms with van der Waals surface area (Å²) < 4.78 is 29.9. The molecule has 1 aliphatic rings. The molecule has 1 aliphatic heterocycles. The molecule has 0 aromatic heterocycles. The Hall–Kier alpha value is -2.11. The maximum absolute atomic E-state index is 13.1. The van der Waals surface area contributed by atoms with Crippen molar-refractivity contribution in [3.8, 4) is 11.5 Å². The van der Waals surface area contributed by atoms with Gasteiger partial charge in [-0.1, -0.05) is 12.1 Å². The molecular weight excluding hydrogens is 321 g/mol. The van der Waals surface area contributed by atoms with E-state index >= 15 is 0 Å². The third kappa shape index (κ3) is 6.03. The molecule has 2 aromatic carbocycles. The van der Waals surface area contributed by atoms with E-state index in [0.29, 0.717) is 13.2 Å². The van der Waals surface area contributed by atoms with Crippen molar-refractivity contribution >= 4 is 0 Å². The van der Waals surface area contributed by atoms with Gasteiger partial charge in [0, 0.05) is 19.6 Å². The summed E-state index contributed by atoms with van der Waals surface area (Å²) in [4.78, 5) is 2.40. The van der Waals surface area contributed by atoms with Crippen LogP contribution in [-0.4, -0.2) is 44.4 Å². The van der Waals surface area contributed by atoms with Gasteiger partial charge >= 0.3 is 0 Å². The first-order valence-electron chi connectivity index (χ1n) is 8.70. The standard InChI is InChI=1S/C20H24FNO3/c21-18-4-1-3-17(15-18)16-25-20-7-5-19(6-8-20)24-12-2-9-22-10-13-23-14-11-22/h1,3-8,15H,2,9-14,16H2. The van der Waals surface area contributed by atoms with Crippen LogP contribution < -0.4 is 9.47 Å². The van der Waals surface area contributed by atoms with E-state index in [-0.39, 0.29) is 5.82 Å². The fraction of sp³-hybridized carbons (Fsp3) is 0.400. The molecule has 0 radical (unpaired) electrons. The minimum Gasteiger partial charge on any atom is -0.494 e. The number of morpholine rings is 1. The van der Waals surface area contributed by atoms with E-state index in [2.05, 4.69) is 4.90 Å². The second kappa shape index (κ2) is 9.39. The largest absolute Gasteiger partial charge is 0.494 e. The molecule has 3 rings (SSSR count). The van der Waals surface area contributed by atoms with Crippen molar-refractivity contribution in [1.82, 2.24) is 4.90 Å². The summed E-state index contributed by atoms with van der Waals surface area (Å²) in [5, 5.41) is 0. The Kier molecular flexibility index (Phi) is 6.65. The highest BCUT2D eigenvalue weighted by atomic mass is 19.1. The lowest BCUT2D eigenvalue weighted by molar-refractivity contribution is 0.0358. The Labute approximate surface area is 148 Å². The van der Waals surface area contributed by atoms with Crippen molar-refractivity contribution in [1.29, 1.82) is 0 Å². The lowest BCUT2D eigenvalue weighted by Gasteiger charge is -2.26. The topological polar surface area (TPSA) is 30.9 Å². The van der Waals surface area contributed by atoms with E-state index in [1.165, 1.54) is 12.1 Å². The van der Waals surface area contributed by atoms with Crippen molar-refractivity contribution in [2.45, 2.75) is 13.0 Å². The molecule has 0 bridgehead atoms. The Balaban J connectivity index is 1.36. The zero-order valence-electron chi connectivity index (χ0n) is 14.3. The number of nitrogens with zero attached hydrogens (tertiary/aromatic N) is 1. The first-order chi connectivity index (χ1) is 12.3. The number of hydrogen-bond acceptors (Lipinski definition) is 4. The molecule has 134 valence electrons. The van der Waals surface area contributed by atoms with Crippen LogP contribution in [-0.2, 0) is 11.3 Å². The fourth-order valence-corrected chi connectivity index (χ4v) is 2.73. The molecule has 0 saturated carbocycles. The normalized spacial score (nSPS) is 15.1. The number of rotatable bonds is 8. The Bertz CT molecular complexity index is 642. The summed E-state index contributed by atoms with van der Waals surface area (Å²) in [5.41, 5.74) is 0.809. The second-order valence-electron chi connectivity index (χ2n) is 6.05. The van der Waals surface area contributed by atoms with E-state index in [1.54, 1.807) is 6.07 Å². The zero-order valence-corrected chi connectivity index (χ0v) is 14.3. The third-order valence-corrected chi connectivity index (χ3v) is 4.11. The zero-order chi connectivity index (χ0) is 17.3. The van der Waals surface area contributed by atoms with E-state index in [9.17, 15) is 4.39 Å². The van der Waals surface area contributed by atoms with Gasteiger partial charge in [0.05, 0.1) is 19.8 Å². The van der Waals surface area contributed by atoms with Crippen LogP contribution in [0.3, 0.4) is 0 Å². The van der Waals surface area contributed by atoms with Crippen LogP contribution in [0.1, 0.15) is 12.0 Å². The molecule has 0 N–H and O–H groups in total. The van der Waals surface area contributed by atoms with Crippen LogP contribution in [0.15, 0.2) is 48.5 Å². The maximum atomic E-state index is 13.1. The summed E-state index contributed by atoms with van der Waals surface area (Å²) in [7, 11) is 0. The molecule has 0 aliphatic carbocycles. The molecule has 4 nitrogen and oxygen atoms in total. The van der Waals surface area contributed by atoms with Gasteiger partial charge in [-0.25, -0.2) is 4.39 Å². The average molecular weight is 345 g/mol. The van der Waals surface area contributed by atoms with Crippen LogP contribution in [0, 0.1) is 5.82 Å². The molecule has 0 amide bonds. The van der Waals surface area contributed by atoms with Gasteiger partial charge in [-0.15, -0.1) is 0 Å². The first kappa shape index (κ1) is 17.7. The number of ether oxygens (including phenoxy) is 3. The predicted molar refractivity (Wildman–Crippen MR) is 94.5 cm³/mol. The van der Waals surface area contributed by atoms with E-state index in [1.807, 2.05) is 30.3 Å². The van der Waals surface area contributed by atoms with E-state index < -0.39 is 0 Å². The third-order valence-electron chi connectivity index (χ3n) is 4.11. The summed E-state index contributed by atoms with van der Waals surface area (Å²) in [6.45, 7) is 5.77. The summed E-state index contributed by atoms with van der Waals surface area (Å²) in [6, 6.07) is 14.0. The molecule has 25 heavy (non-hydrogen) atoms. The number of halogens is 1. The van der Waals surface area contributed by atoms with Gasteiger partial charge < -0.3 is 14.2 Å². The first-order valence-corrected chi connectivity index (χ1v) is 8.70. The fourth-order valence-electron chi connectivity index (χ4n) is 2.73. The van der Waals surface area contributed by atoms with Gasteiger partial charge in [-0.05, 0) is 48.4 Å². The molecule has 0 spiro atoms. The number of hydrogen-bond donors (Lipinski definition) is 0.